The van der Waals surface area contributed by atoms with Crippen LogP contribution in [-0.4, -0.2) is 26.6 Å². The van der Waals surface area contributed by atoms with Crippen LogP contribution in [0.3, 0.4) is 0 Å². The Hall–Kier alpha value is -1.80. The fourth-order valence-electron chi connectivity index (χ4n) is 1.42. The number of rotatable bonds is 4. The summed E-state index contributed by atoms with van der Waals surface area (Å²) in [7, 11) is 0. The number of anilines is 1. The molecular formula is C11H11N3O3S2. The van der Waals surface area contributed by atoms with Crippen LogP contribution in [0.25, 0.3) is 0 Å². The molecule has 1 amide bonds. The largest absolute Gasteiger partial charge is 0.477 e. The molecule has 0 radical (unpaired) electrons. The number of amides is 1. The molecule has 0 saturated carbocycles. The van der Waals surface area contributed by atoms with Gasteiger partial charge in [-0.15, -0.1) is 16.4 Å². The second kappa shape index (κ2) is 5.45. The zero-order chi connectivity index (χ0) is 14.0. The van der Waals surface area contributed by atoms with Crippen LogP contribution in [-0.2, 0) is 0 Å². The molecule has 2 rings (SSSR count). The molecule has 100 valence electrons. The Balaban J connectivity index is 2.16. The summed E-state index contributed by atoms with van der Waals surface area (Å²) in [5.41, 5.74) is 0.650. The molecule has 2 N–H and O–H groups in total. The van der Waals surface area contributed by atoms with Crippen molar-refractivity contribution in [1.29, 1.82) is 0 Å². The highest BCUT2D eigenvalue weighted by atomic mass is 32.1. The highest BCUT2D eigenvalue weighted by Gasteiger charge is 2.19. The molecule has 0 aromatic carbocycles. The van der Waals surface area contributed by atoms with Gasteiger partial charge in [0.05, 0.1) is 10.7 Å². The van der Waals surface area contributed by atoms with Crippen molar-refractivity contribution in [3.05, 3.63) is 27.6 Å². The standard InChI is InChI=1S/C11H11N3O3S2/c1-5(2)8-9(19-14-13-8)10(15)12-7-4-3-6(18-7)11(16)17/h3-5H,1-2H3,(H,12,15)(H,16,17). The lowest BCUT2D eigenvalue weighted by Crippen LogP contribution is -2.12. The number of carbonyl (C=O) groups excluding carboxylic acids is 1. The third-order valence-corrected chi connectivity index (χ3v) is 4.05. The van der Waals surface area contributed by atoms with Crippen LogP contribution >= 0.6 is 22.9 Å². The molecule has 2 aromatic heterocycles. The van der Waals surface area contributed by atoms with Crippen LogP contribution in [0.2, 0.25) is 0 Å². The zero-order valence-corrected chi connectivity index (χ0v) is 11.8. The molecule has 2 heterocycles. The first-order chi connectivity index (χ1) is 8.99. The van der Waals surface area contributed by atoms with Crippen LogP contribution in [0.5, 0.6) is 0 Å². The lowest BCUT2D eigenvalue weighted by molar-refractivity contribution is 0.0702. The van der Waals surface area contributed by atoms with E-state index in [1.54, 1.807) is 6.07 Å². The van der Waals surface area contributed by atoms with Crippen molar-refractivity contribution in [1.82, 2.24) is 9.59 Å². The first kappa shape index (κ1) is 13.6. The van der Waals surface area contributed by atoms with Gasteiger partial charge in [-0.2, -0.15) is 0 Å². The Morgan fingerprint density at radius 1 is 1.37 bits per heavy atom. The summed E-state index contributed by atoms with van der Waals surface area (Å²) < 4.78 is 3.78. The van der Waals surface area contributed by atoms with Crippen molar-refractivity contribution in [2.75, 3.05) is 5.32 Å². The van der Waals surface area contributed by atoms with Crippen molar-refractivity contribution in [3.63, 3.8) is 0 Å². The van der Waals surface area contributed by atoms with Gasteiger partial charge >= 0.3 is 5.97 Å². The predicted molar refractivity (Wildman–Crippen MR) is 73.2 cm³/mol. The number of hydrogen-bond acceptors (Lipinski definition) is 6. The molecule has 8 heteroatoms. The number of nitrogens with one attached hydrogen (secondary N) is 1. The van der Waals surface area contributed by atoms with Gasteiger partial charge in [0.1, 0.15) is 9.75 Å². The summed E-state index contributed by atoms with van der Waals surface area (Å²) in [6, 6.07) is 3.02. The van der Waals surface area contributed by atoms with Crippen LogP contribution < -0.4 is 5.32 Å². The van der Waals surface area contributed by atoms with E-state index in [1.165, 1.54) is 6.07 Å². The van der Waals surface area contributed by atoms with Gasteiger partial charge in [0, 0.05) is 0 Å². The van der Waals surface area contributed by atoms with Gasteiger partial charge in [-0.25, -0.2) is 4.79 Å². The third kappa shape index (κ3) is 2.96. The van der Waals surface area contributed by atoms with E-state index in [2.05, 4.69) is 14.9 Å². The average Bonchev–Trinajstić information content (AvgIpc) is 2.96. The molecule has 0 unspecified atom stereocenters. The average molecular weight is 297 g/mol. The molecule has 0 saturated heterocycles. The van der Waals surface area contributed by atoms with E-state index in [4.69, 9.17) is 5.11 Å². The maximum atomic E-state index is 12.1. The Bertz CT molecular complexity index is 618. The van der Waals surface area contributed by atoms with E-state index >= 15 is 0 Å². The quantitative estimate of drug-likeness (QED) is 0.905. The van der Waals surface area contributed by atoms with Gasteiger partial charge in [0.2, 0.25) is 0 Å². The van der Waals surface area contributed by atoms with Gasteiger partial charge < -0.3 is 10.4 Å². The number of thiophene rings is 1. The molecule has 0 fully saturated rings. The summed E-state index contributed by atoms with van der Waals surface area (Å²) >= 11 is 2.05. The molecule has 19 heavy (non-hydrogen) atoms. The van der Waals surface area contributed by atoms with E-state index < -0.39 is 5.97 Å². The van der Waals surface area contributed by atoms with E-state index in [0.29, 0.717) is 15.6 Å². The maximum Gasteiger partial charge on any atom is 0.345 e. The summed E-state index contributed by atoms with van der Waals surface area (Å²) in [4.78, 5) is 23.5. The van der Waals surface area contributed by atoms with Crippen LogP contribution in [0.4, 0.5) is 5.00 Å². The zero-order valence-electron chi connectivity index (χ0n) is 10.2. The second-order valence-corrected chi connectivity index (χ2v) is 5.90. The molecule has 2 aromatic rings. The molecule has 0 aliphatic rings. The smallest absolute Gasteiger partial charge is 0.345 e. The molecule has 0 atom stereocenters. The van der Waals surface area contributed by atoms with Crippen molar-refractivity contribution >= 4 is 39.7 Å². The number of carbonyl (C=O) groups is 2. The Labute approximate surface area is 117 Å². The van der Waals surface area contributed by atoms with Crippen LogP contribution in [0.1, 0.15) is 44.8 Å². The Morgan fingerprint density at radius 2 is 2.11 bits per heavy atom. The molecule has 0 bridgehead atoms. The normalized spacial score (nSPS) is 10.7. The highest BCUT2D eigenvalue weighted by Crippen LogP contribution is 2.25. The highest BCUT2D eigenvalue weighted by molar-refractivity contribution is 7.18. The van der Waals surface area contributed by atoms with Crippen molar-refractivity contribution < 1.29 is 14.7 Å². The Kier molecular flexibility index (Phi) is 3.91. The third-order valence-electron chi connectivity index (χ3n) is 2.32. The van der Waals surface area contributed by atoms with Crippen LogP contribution in [0, 0.1) is 0 Å². The minimum absolute atomic E-state index is 0.109. The van der Waals surface area contributed by atoms with Gasteiger partial charge in [0.15, 0.2) is 0 Å². The number of nitrogens with zero attached hydrogens (tertiary/aromatic N) is 2. The minimum Gasteiger partial charge on any atom is -0.477 e. The summed E-state index contributed by atoms with van der Waals surface area (Å²) in [6.45, 7) is 3.86. The second-order valence-electron chi connectivity index (χ2n) is 4.07. The number of carboxylic acid groups (broad SMARTS) is 1. The summed E-state index contributed by atoms with van der Waals surface area (Å²) in [5, 5.41) is 15.9. The number of carboxylic acids is 1. The molecule has 0 aliphatic heterocycles. The van der Waals surface area contributed by atoms with Gasteiger partial charge in [-0.1, -0.05) is 18.3 Å². The van der Waals surface area contributed by atoms with Gasteiger partial charge in [0.25, 0.3) is 5.91 Å². The van der Waals surface area contributed by atoms with E-state index in [0.717, 1.165) is 22.9 Å². The van der Waals surface area contributed by atoms with Crippen molar-refractivity contribution in [2.45, 2.75) is 19.8 Å². The Morgan fingerprint density at radius 3 is 2.68 bits per heavy atom. The number of aromatic carboxylic acids is 1. The van der Waals surface area contributed by atoms with Crippen molar-refractivity contribution in [2.24, 2.45) is 0 Å². The first-order valence-corrected chi connectivity index (χ1v) is 7.04. The van der Waals surface area contributed by atoms with Gasteiger partial charge in [-0.3, -0.25) is 4.79 Å². The fourth-order valence-corrected chi connectivity index (χ4v) is 2.88. The molecule has 0 aliphatic carbocycles. The SMILES string of the molecule is CC(C)c1nnsc1C(=O)Nc1ccc(C(=O)O)s1. The monoisotopic (exact) mass is 297 g/mol. The minimum atomic E-state index is -1.01. The summed E-state index contributed by atoms with van der Waals surface area (Å²) in [6.07, 6.45) is 0. The fraction of sp³-hybridized carbons (Fsp3) is 0.273. The molecular weight excluding hydrogens is 286 g/mol. The van der Waals surface area contributed by atoms with Crippen LogP contribution in [0.15, 0.2) is 12.1 Å². The number of aromatic nitrogens is 2. The lowest BCUT2D eigenvalue weighted by atomic mass is 10.1. The van der Waals surface area contributed by atoms with E-state index in [-0.39, 0.29) is 16.7 Å². The maximum absolute atomic E-state index is 12.1. The van der Waals surface area contributed by atoms with Crippen molar-refractivity contribution in [3.8, 4) is 0 Å². The number of hydrogen-bond donors (Lipinski definition) is 2. The van der Waals surface area contributed by atoms with E-state index in [1.807, 2.05) is 13.8 Å². The molecule has 0 spiro atoms. The first-order valence-electron chi connectivity index (χ1n) is 5.45. The molecule has 6 nitrogen and oxygen atoms in total. The van der Waals surface area contributed by atoms with E-state index in [9.17, 15) is 9.59 Å². The topological polar surface area (TPSA) is 92.2 Å². The summed E-state index contributed by atoms with van der Waals surface area (Å²) in [5.74, 6) is -1.21. The van der Waals surface area contributed by atoms with Gasteiger partial charge in [-0.05, 0) is 29.6 Å². The predicted octanol–water partition coefficient (Wildman–Crippen LogP) is 2.67. The lowest BCUT2D eigenvalue weighted by Gasteiger charge is -2.03.